The molecule has 0 spiro atoms. The summed E-state index contributed by atoms with van der Waals surface area (Å²) in [7, 11) is 0. The van der Waals surface area contributed by atoms with Gasteiger partial charge in [-0.25, -0.2) is 9.59 Å². The molecule has 4 heterocycles. The fraction of sp³-hybridized carbons (Fsp3) is 0.348. The smallest absolute Gasteiger partial charge is 0.335 e. The van der Waals surface area contributed by atoms with Crippen LogP contribution >= 0.6 is 0 Å². The Kier molecular flexibility index (Phi) is 19.6. The van der Waals surface area contributed by atoms with E-state index in [1.165, 1.54) is 24.3 Å². The van der Waals surface area contributed by atoms with E-state index < -0.39 is 11.9 Å². The lowest BCUT2D eigenvalue weighted by Gasteiger charge is -2.14. The highest BCUT2D eigenvalue weighted by Crippen LogP contribution is 2.29. The highest BCUT2D eigenvalue weighted by Gasteiger charge is 2.12. The monoisotopic (exact) mass is 824 g/mol. The van der Waals surface area contributed by atoms with Gasteiger partial charge in [-0.3, -0.25) is 0 Å². The number of carboxylic acid groups (broad SMARTS) is 2. The molecule has 8 rings (SSSR count). The van der Waals surface area contributed by atoms with Crippen molar-refractivity contribution in [3.8, 4) is 46.7 Å². The molecule has 0 saturated heterocycles. The Balaban J connectivity index is 1.27. The van der Waals surface area contributed by atoms with Gasteiger partial charge in [0, 0.05) is 23.3 Å². The number of benzene rings is 4. The van der Waals surface area contributed by atoms with Gasteiger partial charge < -0.3 is 57.6 Å². The van der Waals surface area contributed by atoms with Crippen molar-refractivity contribution in [1.82, 2.24) is 0 Å². The van der Waals surface area contributed by atoms with E-state index in [1.54, 1.807) is 36.4 Å². The molecule has 0 unspecified atom stereocenters. The third-order valence-electron chi connectivity index (χ3n) is 8.30. The summed E-state index contributed by atoms with van der Waals surface area (Å²) in [4.78, 5) is 22.7. The van der Waals surface area contributed by atoms with Crippen LogP contribution in [0.25, 0.3) is 0 Å². The Labute approximate surface area is 349 Å². The van der Waals surface area contributed by atoms with Gasteiger partial charge in [0.1, 0.15) is 49.4 Å². The first-order valence-corrected chi connectivity index (χ1v) is 19.4. The van der Waals surface area contributed by atoms with Crippen molar-refractivity contribution in [2.45, 2.75) is 0 Å². The number of carbonyl (C=O) groups is 2. The average Bonchev–Trinajstić information content (AvgIpc) is 3.26. The number of hydrogen-bond acceptors (Lipinski definition) is 12. The first-order chi connectivity index (χ1) is 29.4. The van der Waals surface area contributed by atoms with E-state index in [1.807, 2.05) is 24.3 Å². The van der Waals surface area contributed by atoms with Gasteiger partial charge in [0.2, 0.25) is 0 Å². The van der Waals surface area contributed by atoms with Crippen LogP contribution in [-0.4, -0.2) is 128 Å². The van der Waals surface area contributed by atoms with E-state index >= 15 is 0 Å². The van der Waals surface area contributed by atoms with Crippen LogP contribution in [0.3, 0.4) is 0 Å². The number of carboxylic acids is 2. The zero-order chi connectivity index (χ0) is 42.0. The van der Waals surface area contributed by atoms with Gasteiger partial charge >= 0.3 is 11.9 Å². The summed E-state index contributed by atoms with van der Waals surface area (Å²) in [6.07, 6.45) is 0. The fourth-order valence-electron chi connectivity index (χ4n) is 5.24. The molecule has 2 N–H and O–H groups in total. The van der Waals surface area contributed by atoms with Gasteiger partial charge in [0.15, 0.2) is 0 Å². The van der Waals surface area contributed by atoms with Gasteiger partial charge in [-0.05, 0) is 72.8 Å². The summed E-state index contributed by atoms with van der Waals surface area (Å²) < 4.78 is 57.8. The molecule has 60 heavy (non-hydrogen) atoms. The predicted molar refractivity (Wildman–Crippen MR) is 219 cm³/mol. The molecular formula is C46H48O14. The van der Waals surface area contributed by atoms with Crippen LogP contribution < -0.4 is 18.9 Å². The topological polar surface area (TPSA) is 167 Å². The van der Waals surface area contributed by atoms with E-state index in [2.05, 4.69) is 23.7 Å². The zero-order valence-corrected chi connectivity index (χ0v) is 33.2. The van der Waals surface area contributed by atoms with Gasteiger partial charge in [0.25, 0.3) is 0 Å². The lowest BCUT2D eigenvalue weighted by Crippen LogP contribution is -2.15. The molecule has 0 aromatic heterocycles. The minimum absolute atomic E-state index is 0.149. The standard InChI is InChI=1S/C46H48O14/c47-45(48)37-7-1-35(2-8-37)5-11-39-33-44-40(12-6-36-3-9-38(10-4-36)46(49)50)34-43(39)59-31-27-55-23-19-51-17-21-53-25-29-57-41-13-15-42(16-14-41)58-30-26-54-22-18-52-20-24-56-28-32-60-44/h1-4,7-10,13-16,33-34H,17-32H2,(H,47,48)(H,49,50). The highest BCUT2D eigenvalue weighted by atomic mass is 16.6. The van der Waals surface area contributed by atoms with E-state index in [0.29, 0.717) is 125 Å². The van der Waals surface area contributed by atoms with Crippen molar-refractivity contribution in [2.24, 2.45) is 0 Å². The van der Waals surface area contributed by atoms with Crippen LogP contribution in [0, 0.1) is 23.7 Å². The summed E-state index contributed by atoms with van der Waals surface area (Å²) in [6.45, 7) is 5.55. The third-order valence-corrected chi connectivity index (χ3v) is 8.30. The summed E-state index contributed by atoms with van der Waals surface area (Å²) in [5.74, 6) is 12.6. The maximum atomic E-state index is 11.4. The van der Waals surface area contributed by atoms with E-state index in [0.717, 1.165) is 0 Å². The normalized spacial score (nSPS) is 15.7. The Morgan fingerprint density at radius 1 is 0.367 bits per heavy atom. The minimum atomic E-state index is -1.03. The Morgan fingerprint density at radius 2 is 0.650 bits per heavy atom. The summed E-state index contributed by atoms with van der Waals surface area (Å²) >= 11 is 0. The second-order valence-corrected chi connectivity index (χ2v) is 12.6. The van der Waals surface area contributed by atoms with E-state index in [4.69, 9.17) is 47.4 Å². The second kappa shape index (κ2) is 26.1. The molecular weight excluding hydrogens is 776 g/mol. The number of ether oxygens (including phenoxy) is 10. The molecule has 0 saturated carbocycles. The quantitative estimate of drug-likeness (QED) is 0.253. The molecule has 4 aliphatic heterocycles. The first-order valence-electron chi connectivity index (χ1n) is 19.4. The molecule has 0 amide bonds. The highest BCUT2D eigenvalue weighted by molar-refractivity contribution is 5.88. The van der Waals surface area contributed by atoms with Gasteiger partial charge in [-0.2, -0.15) is 0 Å². The molecule has 4 aliphatic rings. The van der Waals surface area contributed by atoms with Crippen molar-refractivity contribution in [3.63, 3.8) is 0 Å². The lowest BCUT2D eigenvalue weighted by atomic mass is 10.1. The Bertz CT molecular complexity index is 1890. The van der Waals surface area contributed by atoms with Crippen LogP contribution in [0.4, 0.5) is 0 Å². The van der Waals surface area contributed by atoms with Gasteiger partial charge in [-0.1, -0.05) is 23.7 Å². The molecule has 4 bridgehead atoms. The largest absolute Gasteiger partial charge is 0.491 e. The van der Waals surface area contributed by atoms with Crippen LogP contribution in [0.5, 0.6) is 23.0 Å². The van der Waals surface area contributed by atoms with Gasteiger partial charge in [-0.15, -0.1) is 0 Å². The van der Waals surface area contributed by atoms with Gasteiger partial charge in [0.05, 0.1) is 102 Å². The number of aromatic carboxylic acids is 2. The third kappa shape index (κ3) is 16.6. The van der Waals surface area contributed by atoms with E-state index in [9.17, 15) is 19.8 Å². The minimum Gasteiger partial charge on any atom is -0.491 e. The molecule has 4 aromatic carbocycles. The van der Waals surface area contributed by atoms with Crippen molar-refractivity contribution in [2.75, 3.05) is 106 Å². The lowest BCUT2D eigenvalue weighted by molar-refractivity contribution is 0.00466. The molecule has 14 heteroatoms. The summed E-state index contributed by atoms with van der Waals surface area (Å²) in [5, 5.41) is 18.6. The maximum Gasteiger partial charge on any atom is 0.335 e. The molecule has 14 nitrogen and oxygen atoms in total. The molecule has 4 aromatic rings. The number of hydrogen-bond donors (Lipinski definition) is 2. The Morgan fingerprint density at radius 3 is 0.950 bits per heavy atom. The SMILES string of the molecule is O=C(O)c1ccc(C#Cc2cc3c(C#Cc4ccc(C(=O)O)cc4)cc2OCCOCCOCCOCCOc2ccc(cc2)OCCOCCOCCOCCO3)cc1. The predicted octanol–water partition coefficient (Wildman–Crippen LogP) is 5.21. The molecule has 0 aliphatic carbocycles. The average molecular weight is 825 g/mol. The van der Waals surface area contributed by atoms with Crippen LogP contribution in [0.15, 0.2) is 84.9 Å². The first kappa shape index (κ1) is 45.0. The van der Waals surface area contributed by atoms with Crippen LogP contribution in [-0.2, 0) is 28.4 Å². The van der Waals surface area contributed by atoms with Crippen molar-refractivity contribution in [1.29, 1.82) is 0 Å². The van der Waals surface area contributed by atoms with Crippen LogP contribution in [0.1, 0.15) is 43.0 Å². The summed E-state index contributed by atoms with van der Waals surface area (Å²) in [6, 6.07) is 23.3. The Hall–Kier alpha value is -6.10. The van der Waals surface area contributed by atoms with Crippen molar-refractivity contribution >= 4 is 11.9 Å². The number of rotatable bonds is 2. The maximum absolute atomic E-state index is 11.4. The molecule has 316 valence electrons. The summed E-state index contributed by atoms with van der Waals surface area (Å²) in [5.41, 5.74) is 2.48. The van der Waals surface area contributed by atoms with E-state index in [-0.39, 0.29) is 37.6 Å². The fourth-order valence-corrected chi connectivity index (χ4v) is 5.24. The zero-order valence-electron chi connectivity index (χ0n) is 33.2. The van der Waals surface area contributed by atoms with Crippen molar-refractivity contribution < 1.29 is 67.2 Å². The second-order valence-electron chi connectivity index (χ2n) is 12.6. The van der Waals surface area contributed by atoms with Crippen LogP contribution in [0.2, 0.25) is 0 Å². The molecule has 0 fully saturated rings. The molecule has 0 radical (unpaired) electrons. The molecule has 0 atom stereocenters. The van der Waals surface area contributed by atoms with Crippen molar-refractivity contribution in [3.05, 3.63) is 118 Å².